The van der Waals surface area contributed by atoms with Crippen molar-refractivity contribution in [3.05, 3.63) is 174 Å². The molecule has 9 aromatic rings. The van der Waals surface area contributed by atoms with E-state index in [2.05, 4.69) is 12.1 Å². The van der Waals surface area contributed by atoms with Crippen molar-refractivity contribution < 1.29 is 13.2 Å². The van der Waals surface area contributed by atoms with Gasteiger partial charge >= 0.3 is 0 Å². The van der Waals surface area contributed by atoms with Gasteiger partial charge in [0.2, 0.25) is 0 Å². The van der Waals surface area contributed by atoms with Crippen molar-refractivity contribution in [1.29, 1.82) is 10.5 Å². The first-order chi connectivity index (χ1) is 26.9. The van der Waals surface area contributed by atoms with Gasteiger partial charge in [0.1, 0.15) is 0 Å². The Bertz CT molecular complexity index is 3050. The predicted octanol–water partition coefficient (Wildman–Crippen LogP) is 11.8. The van der Waals surface area contributed by atoms with Crippen LogP contribution < -0.4 is 0 Å². The van der Waals surface area contributed by atoms with Gasteiger partial charge in [-0.2, -0.15) is 10.5 Å². The van der Waals surface area contributed by atoms with Gasteiger partial charge in [0.25, 0.3) is 0 Å². The van der Waals surface area contributed by atoms with E-state index in [0.29, 0.717) is 61.3 Å². The molecular formula is C47H24F3N5. The van der Waals surface area contributed by atoms with Crippen LogP contribution in [0.2, 0.25) is 0 Å². The first-order valence-corrected chi connectivity index (χ1v) is 17.3. The molecule has 0 N–H and O–H groups in total. The fraction of sp³-hybridized carbons (Fsp3) is 0. The van der Waals surface area contributed by atoms with Gasteiger partial charge in [-0.25, -0.2) is 28.1 Å². The van der Waals surface area contributed by atoms with E-state index < -0.39 is 17.5 Å². The first-order valence-electron chi connectivity index (χ1n) is 17.3. The van der Waals surface area contributed by atoms with E-state index >= 15 is 0 Å². The highest BCUT2D eigenvalue weighted by molar-refractivity contribution is 6.24. The lowest BCUT2D eigenvalue weighted by atomic mass is 9.90. The normalized spacial score (nSPS) is 11.1. The number of fused-ring (bicyclic) bond motifs is 5. The predicted molar refractivity (Wildman–Crippen MR) is 209 cm³/mol. The largest absolute Gasteiger partial charge is 0.247 e. The molecule has 0 unspecified atom stereocenters. The Labute approximate surface area is 312 Å². The number of hydrogen-bond donors (Lipinski definition) is 0. The van der Waals surface area contributed by atoms with Gasteiger partial charge in [-0.3, -0.25) is 0 Å². The third kappa shape index (κ3) is 5.70. The lowest BCUT2D eigenvalue weighted by Crippen LogP contribution is -2.00. The molecule has 0 bridgehead atoms. The SMILES string of the molecule is N#Cc1ccc(-c2nc3c(-c4ccccc4)cc4c(-c5ccccc5-c5cc(F)c(F)c(F)c5)nc5ccccc5c4c3nc2-c2ccc(C#N)cc2)cc1. The Morgan fingerprint density at radius 1 is 0.418 bits per heavy atom. The Kier molecular flexibility index (Phi) is 8.07. The number of aromatic nitrogens is 3. The summed E-state index contributed by atoms with van der Waals surface area (Å²) in [7, 11) is 0. The van der Waals surface area contributed by atoms with Crippen LogP contribution in [0.4, 0.5) is 13.2 Å². The van der Waals surface area contributed by atoms with Gasteiger partial charge in [0.05, 0.1) is 56.9 Å². The van der Waals surface area contributed by atoms with E-state index in [0.717, 1.165) is 45.2 Å². The zero-order valence-electron chi connectivity index (χ0n) is 28.7. The lowest BCUT2D eigenvalue weighted by molar-refractivity contribution is 0.448. The third-order valence-corrected chi connectivity index (χ3v) is 9.74. The van der Waals surface area contributed by atoms with E-state index in [-0.39, 0.29) is 5.56 Å². The molecule has 0 aliphatic heterocycles. The molecule has 0 radical (unpaired) electrons. The minimum atomic E-state index is -1.54. The van der Waals surface area contributed by atoms with Crippen molar-refractivity contribution in [2.45, 2.75) is 0 Å². The summed E-state index contributed by atoms with van der Waals surface area (Å²) in [5.74, 6) is -4.11. The molecule has 0 spiro atoms. The average molecular weight is 716 g/mol. The lowest BCUT2D eigenvalue weighted by Gasteiger charge is -2.19. The summed E-state index contributed by atoms with van der Waals surface area (Å²) < 4.78 is 43.5. The molecule has 55 heavy (non-hydrogen) atoms. The number of para-hydroxylation sites is 1. The molecule has 0 aliphatic rings. The molecule has 5 nitrogen and oxygen atoms in total. The van der Waals surface area contributed by atoms with Crippen molar-refractivity contribution in [2.24, 2.45) is 0 Å². The van der Waals surface area contributed by atoms with Crippen LogP contribution >= 0.6 is 0 Å². The minimum Gasteiger partial charge on any atom is -0.247 e. The number of nitrogens with zero attached hydrogens (tertiary/aromatic N) is 5. The molecule has 0 aliphatic carbocycles. The second kappa shape index (κ2) is 13.4. The van der Waals surface area contributed by atoms with Crippen molar-refractivity contribution >= 4 is 32.7 Å². The molecular weight excluding hydrogens is 692 g/mol. The summed E-state index contributed by atoms with van der Waals surface area (Å²) in [6, 6.07) is 47.3. The number of halogens is 3. The smallest absolute Gasteiger partial charge is 0.194 e. The maximum absolute atomic E-state index is 14.7. The zero-order chi connectivity index (χ0) is 37.6. The molecule has 9 rings (SSSR count). The molecule has 0 saturated heterocycles. The summed E-state index contributed by atoms with van der Waals surface area (Å²) in [5.41, 5.74) is 8.87. The van der Waals surface area contributed by atoms with E-state index in [1.807, 2.05) is 97.1 Å². The third-order valence-electron chi connectivity index (χ3n) is 9.74. The highest BCUT2D eigenvalue weighted by Crippen LogP contribution is 2.44. The van der Waals surface area contributed by atoms with E-state index in [9.17, 15) is 23.7 Å². The van der Waals surface area contributed by atoms with E-state index in [1.54, 1.807) is 36.4 Å². The summed E-state index contributed by atoms with van der Waals surface area (Å²) in [6.45, 7) is 0. The van der Waals surface area contributed by atoms with Gasteiger partial charge in [0, 0.05) is 38.4 Å². The fourth-order valence-electron chi connectivity index (χ4n) is 7.14. The van der Waals surface area contributed by atoms with E-state index in [4.69, 9.17) is 15.0 Å². The van der Waals surface area contributed by atoms with Gasteiger partial charge in [0.15, 0.2) is 17.5 Å². The number of rotatable bonds is 5. The Balaban J connectivity index is 1.45. The average Bonchev–Trinajstić information content (AvgIpc) is 3.24. The highest BCUT2D eigenvalue weighted by atomic mass is 19.2. The van der Waals surface area contributed by atoms with Crippen LogP contribution in [-0.2, 0) is 0 Å². The Morgan fingerprint density at radius 2 is 0.964 bits per heavy atom. The van der Waals surface area contributed by atoms with Crippen LogP contribution in [0.1, 0.15) is 11.1 Å². The number of nitriles is 2. The molecule has 0 saturated carbocycles. The maximum atomic E-state index is 14.7. The topological polar surface area (TPSA) is 86.2 Å². The van der Waals surface area contributed by atoms with Crippen molar-refractivity contribution in [3.63, 3.8) is 0 Å². The van der Waals surface area contributed by atoms with Crippen molar-refractivity contribution in [2.75, 3.05) is 0 Å². The van der Waals surface area contributed by atoms with Crippen LogP contribution in [0.5, 0.6) is 0 Å². The maximum Gasteiger partial charge on any atom is 0.194 e. The Morgan fingerprint density at radius 3 is 1.58 bits per heavy atom. The number of hydrogen-bond acceptors (Lipinski definition) is 5. The van der Waals surface area contributed by atoms with Gasteiger partial charge in [-0.05, 0) is 65.2 Å². The standard InChI is InChI=1S/C47H24F3N5/c48-38-22-32(23-39(49)42(38)50)33-10-4-5-11-34(33)45-37-24-36(29-8-2-1-3-9-29)46-47(41(37)35-12-6-7-13-40(35)53-45)55-44(31-20-16-28(26-52)17-21-31)43(54-46)30-18-14-27(25-51)15-19-30/h1-24H. The minimum absolute atomic E-state index is 0.161. The molecule has 2 aromatic heterocycles. The molecule has 7 aromatic carbocycles. The second-order valence-corrected chi connectivity index (χ2v) is 13.0. The van der Waals surface area contributed by atoms with Crippen LogP contribution in [0.3, 0.4) is 0 Å². The van der Waals surface area contributed by atoms with Crippen molar-refractivity contribution in [1.82, 2.24) is 15.0 Å². The summed E-state index contributed by atoms with van der Waals surface area (Å²) >= 11 is 0. The zero-order valence-corrected chi connectivity index (χ0v) is 28.7. The number of benzene rings is 7. The van der Waals surface area contributed by atoms with Crippen LogP contribution in [0.15, 0.2) is 146 Å². The first kappa shape index (κ1) is 33.2. The summed E-state index contributed by atoms with van der Waals surface area (Å²) in [6.07, 6.45) is 0. The molecule has 0 amide bonds. The van der Waals surface area contributed by atoms with Crippen LogP contribution in [-0.4, -0.2) is 15.0 Å². The molecule has 0 atom stereocenters. The van der Waals surface area contributed by atoms with Crippen LogP contribution in [0.25, 0.3) is 88.7 Å². The highest BCUT2D eigenvalue weighted by Gasteiger charge is 2.24. The molecule has 258 valence electrons. The Hall–Kier alpha value is -7.68. The summed E-state index contributed by atoms with van der Waals surface area (Å²) in [5, 5.41) is 21.4. The fourth-order valence-corrected chi connectivity index (χ4v) is 7.14. The van der Waals surface area contributed by atoms with E-state index in [1.165, 1.54) is 0 Å². The number of pyridine rings is 1. The monoisotopic (exact) mass is 715 g/mol. The summed E-state index contributed by atoms with van der Waals surface area (Å²) in [4.78, 5) is 16.0. The molecule has 8 heteroatoms. The van der Waals surface area contributed by atoms with Gasteiger partial charge in [-0.15, -0.1) is 0 Å². The van der Waals surface area contributed by atoms with Gasteiger partial charge < -0.3 is 0 Å². The molecule has 2 heterocycles. The van der Waals surface area contributed by atoms with Crippen LogP contribution in [0, 0.1) is 40.1 Å². The quantitative estimate of drug-likeness (QED) is 0.131. The van der Waals surface area contributed by atoms with Gasteiger partial charge in [-0.1, -0.05) is 97.1 Å². The van der Waals surface area contributed by atoms with Crippen molar-refractivity contribution in [3.8, 4) is 68.2 Å². The molecule has 0 fully saturated rings. The second-order valence-electron chi connectivity index (χ2n) is 13.0.